The SMILES string of the molecule is [H-].[Li+].[Ni].[O]=[Mn](=[O])([OH])[OH].[Zn]. The number of rotatable bonds is 0. The van der Waals surface area contributed by atoms with Crippen LogP contribution in [0.4, 0.5) is 0 Å². The fraction of sp³-hybridized carbons (Fsp3) is 0. The molecule has 0 saturated carbocycles. The van der Waals surface area contributed by atoms with E-state index in [0.29, 0.717) is 0 Å². The molecule has 0 aromatic rings. The van der Waals surface area contributed by atoms with Crippen LogP contribution in [0.25, 0.3) is 0 Å². The van der Waals surface area contributed by atoms with Gasteiger partial charge < -0.3 is 1.43 Å². The van der Waals surface area contributed by atoms with Gasteiger partial charge in [0.2, 0.25) is 0 Å². The van der Waals surface area contributed by atoms with Gasteiger partial charge in [-0.15, -0.1) is 0 Å². The predicted molar refractivity (Wildman–Crippen MR) is 6.92 cm³/mol. The van der Waals surface area contributed by atoms with E-state index in [-0.39, 0.29) is 56.3 Å². The Morgan fingerprint density at radius 2 is 1.25 bits per heavy atom. The van der Waals surface area contributed by atoms with Crippen molar-refractivity contribution >= 4 is 0 Å². The standard InChI is InChI=1S/Li.Mn.Ni.2H2O.2O.Zn.H/h;;;2*1H2;;;;/q+1;+2;;;;;;;-1/p-2. The summed E-state index contributed by atoms with van der Waals surface area (Å²) in [6.45, 7) is 0. The summed E-state index contributed by atoms with van der Waals surface area (Å²) in [4.78, 5) is 0. The van der Waals surface area contributed by atoms with E-state index in [1.165, 1.54) is 0 Å². The molecule has 8 heavy (non-hydrogen) atoms. The molecule has 0 aromatic carbocycles. The molecule has 4 nitrogen and oxygen atoms in total. The molecule has 0 saturated heterocycles. The Bertz CT molecular complexity index is 104. The van der Waals surface area contributed by atoms with Crippen LogP contribution in [0.15, 0.2) is 0 Å². The molecular weight excluding hydrogens is 250 g/mol. The van der Waals surface area contributed by atoms with Crippen LogP contribution in [0.2, 0.25) is 0 Å². The first-order valence-corrected chi connectivity index (χ1v) is 2.67. The molecule has 0 fully saturated rings. The van der Waals surface area contributed by atoms with E-state index in [1.54, 1.807) is 0 Å². The second kappa shape index (κ2) is 8.75. The monoisotopic (exact) mass is 251 g/mol. The smallest absolute Gasteiger partial charge is 0 e. The maximum Gasteiger partial charge on any atom is 0 e. The van der Waals surface area contributed by atoms with Crippen LogP contribution in [0.1, 0.15) is 1.43 Å². The topological polar surface area (TPSA) is 74.6 Å². The summed E-state index contributed by atoms with van der Waals surface area (Å²) in [6, 6.07) is 0. The molecule has 0 rings (SSSR count). The Balaban J connectivity index is -0.0000000133. The third kappa shape index (κ3) is 115. The molecule has 0 aliphatic rings. The molecule has 0 heterocycles. The minimum absolute atomic E-state index is 0. The van der Waals surface area contributed by atoms with Crippen molar-refractivity contribution in [2.75, 3.05) is 0 Å². The zero-order valence-corrected chi connectivity index (χ0v) is 9.25. The van der Waals surface area contributed by atoms with E-state index in [2.05, 4.69) is 0 Å². The largest absolute Gasteiger partial charge is 0 e. The van der Waals surface area contributed by atoms with E-state index in [1.807, 2.05) is 0 Å². The first kappa shape index (κ1) is 22.6. The summed E-state index contributed by atoms with van der Waals surface area (Å²) < 4.78 is 31.8. The third-order valence-corrected chi connectivity index (χ3v) is 0. The fourth-order valence-corrected chi connectivity index (χ4v) is 0. The van der Waals surface area contributed by atoms with E-state index in [9.17, 15) is 0 Å². The first-order valence-electron chi connectivity index (χ1n) is 0.647. The molecular formula is H3LiMnNiO4Zn. The number of hydrogen-bond acceptors (Lipinski definition) is 2. The minimum Gasteiger partial charge on any atom is 0 e. The van der Waals surface area contributed by atoms with Gasteiger partial charge >= 0.3 is 48.3 Å². The van der Waals surface area contributed by atoms with Gasteiger partial charge in [-0.25, -0.2) is 0 Å². The van der Waals surface area contributed by atoms with Crippen LogP contribution < -0.4 is 18.9 Å². The van der Waals surface area contributed by atoms with Crippen LogP contribution in [0, 0.1) is 0 Å². The molecule has 8 heteroatoms. The quantitative estimate of drug-likeness (QED) is 0.429. The molecule has 0 atom stereocenters. The van der Waals surface area contributed by atoms with Crippen molar-refractivity contribution < 1.29 is 85.7 Å². The first-order chi connectivity index (χ1) is 2.00. The minimum atomic E-state index is -5.12. The van der Waals surface area contributed by atoms with Gasteiger partial charge in [0.05, 0.1) is 0 Å². The van der Waals surface area contributed by atoms with Gasteiger partial charge in [-0.2, -0.15) is 0 Å². The molecule has 2 N–H and O–H groups in total. The zero-order valence-electron chi connectivity index (χ0n) is 5.11. The average Bonchev–Trinajstić information content (AvgIpc) is 0.722. The third-order valence-electron chi connectivity index (χ3n) is 0. The van der Waals surface area contributed by atoms with E-state index in [0.717, 1.165) is 0 Å². The van der Waals surface area contributed by atoms with Crippen molar-refractivity contribution in [2.45, 2.75) is 0 Å². The molecule has 0 aliphatic carbocycles. The Kier molecular flexibility index (Phi) is 24.7. The molecule has 0 spiro atoms. The molecule has 0 amide bonds. The van der Waals surface area contributed by atoms with Gasteiger partial charge in [0.25, 0.3) is 0 Å². The zero-order chi connectivity index (χ0) is 4.50. The Labute approximate surface area is 85.0 Å². The molecule has 0 aliphatic heterocycles. The Hall–Kier alpha value is 1.75. The molecule has 0 radical (unpaired) electrons. The molecule has 47 valence electrons. The number of hydrogen-bond donors (Lipinski definition) is 2. The predicted octanol–water partition coefficient (Wildman–Crippen LogP) is -4.24. The molecule has 0 unspecified atom stereocenters. The van der Waals surface area contributed by atoms with Crippen LogP contribution in [0.3, 0.4) is 0 Å². The Morgan fingerprint density at radius 3 is 1.25 bits per heavy atom. The maximum atomic E-state index is 8.80. The molecule has 0 bridgehead atoms. The van der Waals surface area contributed by atoms with E-state index >= 15 is 0 Å². The van der Waals surface area contributed by atoms with E-state index in [4.69, 9.17) is 16.0 Å². The van der Waals surface area contributed by atoms with Crippen molar-refractivity contribution in [1.29, 1.82) is 0 Å². The van der Waals surface area contributed by atoms with Crippen molar-refractivity contribution in [3.8, 4) is 0 Å². The van der Waals surface area contributed by atoms with Crippen molar-refractivity contribution in [3.63, 3.8) is 0 Å². The summed E-state index contributed by atoms with van der Waals surface area (Å²) in [6.07, 6.45) is 0. The second-order valence-corrected chi connectivity index (χ2v) is 1.71. The summed E-state index contributed by atoms with van der Waals surface area (Å²) in [7, 11) is 0. The van der Waals surface area contributed by atoms with Gasteiger partial charge in [0.1, 0.15) is 0 Å². The summed E-state index contributed by atoms with van der Waals surface area (Å²) in [5.41, 5.74) is 0. The van der Waals surface area contributed by atoms with Gasteiger partial charge in [-0.1, -0.05) is 0 Å². The van der Waals surface area contributed by atoms with Gasteiger partial charge in [-0.05, 0) is 0 Å². The normalized spacial score (nSPS) is 7.25. The van der Waals surface area contributed by atoms with Crippen LogP contribution >= 0.6 is 0 Å². The summed E-state index contributed by atoms with van der Waals surface area (Å²) in [5.74, 6) is 0. The van der Waals surface area contributed by atoms with Crippen molar-refractivity contribution in [2.24, 2.45) is 0 Å². The van der Waals surface area contributed by atoms with Crippen LogP contribution in [-0.2, 0) is 57.0 Å². The van der Waals surface area contributed by atoms with Crippen molar-refractivity contribution in [3.05, 3.63) is 0 Å². The second-order valence-electron chi connectivity index (χ2n) is 0.415. The summed E-state index contributed by atoms with van der Waals surface area (Å²) >= 11 is -5.12. The fourth-order valence-electron chi connectivity index (χ4n) is 0. The van der Waals surface area contributed by atoms with E-state index < -0.39 is 13.4 Å². The van der Waals surface area contributed by atoms with Gasteiger partial charge in [0, 0.05) is 36.0 Å². The average molecular weight is 253 g/mol. The van der Waals surface area contributed by atoms with Crippen LogP contribution in [0.5, 0.6) is 0 Å². The van der Waals surface area contributed by atoms with Gasteiger partial charge in [-0.3, -0.25) is 0 Å². The van der Waals surface area contributed by atoms with Crippen LogP contribution in [-0.4, -0.2) is 8.38 Å². The maximum absolute atomic E-state index is 8.80. The van der Waals surface area contributed by atoms with Crippen molar-refractivity contribution in [1.82, 2.24) is 0 Å². The Morgan fingerprint density at radius 1 is 1.25 bits per heavy atom. The van der Waals surface area contributed by atoms with Gasteiger partial charge in [0.15, 0.2) is 0 Å². The summed E-state index contributed by atoms with van der Waals surface area (Å²) in [5, 5.41) is 0. The molecule has 0 aromatic heterocycles.